The molecule has 122 valence electrons. The maximum absolute atomic E-state index is 5.82. The van der Waals surface area contributed by atoms with Crippen molar-refractivity contribution in [2.75, 3.05) is 26.2 Å². The Labute approximate surface area is 140 Å². The van der Waals surface area contributed by atoms with Gasteiger partial charge in [0.25, 0.3) is 0 Å². The van der Waals surface area contributed by atoms with Gasteiger partial charge in [0.15, 0.2) is 0 Å². The molecular weight excluding hydrogens is 282 g/mol. The fraction of sp³-hybridized carbons (Fsp3) is 0.333. The van der Waals surface area contributed by atoms with Crippen LogP contribution < -0.4 is 4.74 Å². The van der Waals surface area contributed by atoms with Crippen LogP contribution in [0, 0.1) is 0 Å². The second-order valence-electron chi connectivity index (χ2n) is 5.64. The first kappa shape index (κ1) is 17.3. The van der Waals surface area contributed by atoms with Gasteiger partial charge in [0.2, 0.25) is 0 Å². The summed E-state index contributed by atoms with van der Waals surface area (Å²) in [5.41, 5.74) is 3.72. The smallest absolute Gasteiger partial charge is 0.119 e. The highest BCUT2D eigenvalue weighted by Gasteiger charge is 2.00. The van der Waals surface area contributed by atoms with Crippen molar-refractivity contribution < 1.29 is 4.74 Å². The van der Waals surface area contributed by atoms with Crippen LogP contribution in [0.2, 0.25) is 0 Å². The van der Waals surface area contributed by atoms with Crippen molar-refractivity contribution in [2.45, 2.75) is 20.8 Å². The van der Waals surface area contributed by atoms with Crippen LogP contribution in [0.25, 0.3) is 11.6 Å². The van der Waals surface area contributed by atoms with Crippen LogP contribution in [-0.4, -0.2) is 31.1 Å². The van der Waals surface area contributed by atoms with E-state index in [-0.39, 0.29) is 0 Å². The zero-order valence-corrected chi connectivity index (χ0v) is 14.5. The average molecular weight is 309 g/mol. The maximum Gasteiger partial charge on any atom is 0.119 e. The van der Waals surface area contributed by atoms with Crippen molar-refractivity contribution in [3.8, 4) is 5.75 Å². The standard InChI is InChI=1S/C21H27NO/c1-4-22(5-2)15-16-23-21-13-11-19(12-14-21)17-18(3)20-9-7-6-8-10-20/h6-14,17H,4-5,15-16H2,1-3H3. The molecule has 2 heteroatoms. The lowest BCUT2D eigenvalue weighted by Crippen LogP contribution is -2.27. The summed E-state index contributed by atoms with van der Waals surface area (Å²) in [6.45, 7) is 10.4. The van der Waals surface area contributed by atoms with E-state index in [0.29, 0.717) is 0 Å². The van der Waals surface area contributed by atoms with Crippen molar-refractivity contribution in [1.29, 1.82) is 0 Å². The molecule has 0 aliphatic rings. The molecule has 0 bridgehead atoms. The number of hydrogen-bond acceptors (Lipinski definition) is 2. The van der Waals surface area contributed by atoms with E-state index < -0.39 is 0 Å². The molecule has 0 heterocycles. The average Bonchev–Trinajstić information content (AvgIpc) is 2.61. The Balaban J connectivity index is 1.92. The molecule has 2 aromatic rings. The second-order valence-corrected chi connectivity index (χ2v) is 5.64. The van der Waals surface area contributed by atoms with Gasteiger partial charge in [-0.15, -0.1) is 0 Å². The van der Waals surface area contributed by atoms with E-state index in [1.54, 1.807) is 0 Å². The molecule has 0 spiro atoms. The van der Waals surface area contributed by atoms with Crippen LogP contribution in [0.4, 0.5) is 0 Å². The minimum atomic E-state index is 0.736. The third-order valence-electron chi connectivity index (χ3n) is 4.06. The normalized spacial score (nSPS) is 11.7. The Morgan fingerprint density at radius 1 is 0.957 bits per heavy atom. The monoisotopic (exact) mass is 309 g/mol. The summed E-state index contributed by atoms with van der Waals surface area (Å²) in [6.07, 6.45) is 2.20. The largest absolute Gasteiger partial charge is 0.492 e. The minimum absolute atomic E-state index is 0.736. The van der Waals surface area contributed by atoms with E-state index in [1.165, 1.54) is 16.7 Å². The number of ether oxygens (including phenoxy) is 1. The molecule has 0 radical (unpaired) electrons. The Morgan fingerprint density at radius 3 is 2.22 bits per heavy atom. The summed E-state index contributed by atoms with van der Waals surface area (Å²) >= 11 is 0. The molecule has 0 saturated carbocycles. The Bertz CT molecular complexity index is 597. The molecule has 2 nitrogen and oxygen atoms in total. The van der Waals surface area contributed by atoms with Crippen LogP contribution in [0.15, 0.2) is 54.6 Å². The molecule has 0 atom stereocenters. The topological polar surface area (TPSA) is 12.5 Å². The highest BCUT2D eigenvalue weighted by molar-refractivity contribution is 5.80. The molecule has 0 fully saturated rings. The molecule has 2 rings (SSSR count). The van der Waals surface area contributed by atoms with Gasteiger partial charge in [0, 0.05) is 6.54 Å². The fourth-order valence-corrected chi connectivity index (χ4v) is 2.53. The van der Waals surface area contributed by atoms with Crippen molar-refractivity contribution >= 4 is 11.6 Å². The minimum Gasteiger partial charge on any atom is -0.492 e. The predicted molar refractivity (Wildman–Crippen MR) is 99.7 cm³/mol. The van der Waals surface area contributed by atoms with Gasteiger partial charge >= 0.3 is 0 Å². The molecule has 0 unspecified atom stereocenters. The van der Waals surface area contributed by atoms with Crippen LogP contribution in [0.3, 0.4) is 0 Å². The van der Waals surface area contributed by atoms with Crippen LogP contribution in [0.5, 0.6) is 5.75 Å². The van der Waals surface area contributed by atoms with E-state index in [2.05, 4.69) is 68.1 Å². The molecule has 0 N–H and O–H groups in total. The lowest BCUT2D eigenvalue weighted by Gasteiger charge is -2.18. The van der Waals surface area contributed by atoms with Crippen LogP contribution in [-0.2, 0) is 0 Å². The van der Waals surface area contributed by atoms with Crippen molar-refractivity contribution in [1.82, 2.24) is 4.90 Å². The van der Waals surface area contributed by atoms with Crippen molar-refractivity contribution in [3.05, 3.63) is 65.7 Å². The van der Waals surface area contributed by atoms with Gasteiger partial charge in [0.05, 0.1) is 0 Å². The molecular formula is C21H27NO. The quantitative estimate of drug-likeness (QED) is 0.638. The Morgan fingerprint density at radius 2 is 1.61 bits per heavy atom. The van der Waals surface area contributed by atoms with Crippen molar-refractivity contribution in [2.24, 2.45) is 0 Å². The molecule has 0 aliphatic carbocycles. The fourth-order valence-electron chi connectivity index (χ4n) is 2.53. The Kier molecular flexibility index (Phi) is 6.89. The number of allylic oxidation sites excluding steroid dienone is 1. The van der Waals surface area contributed by atoms with Gasteiger partial charge in [0.1, 0.15) is 12.4 Å². The highest BCUT2D eigenvalue weighted by Crippen LogP contribution is 2.19. The van der Waals surface area contributed by atoms with Gasteiger partial charge in [-0.3, -0.25) is 0 Å². The number of likely N-dealkylation sites (N-methyl/N-ethyl adjacent to an activating group) is 1. The van der Waals surface area contributed by atoms with E-state index in [4.69, 9.17) is 4.74 Å². The Hall–Kier alpha value is -2.06. The zero-order chi connectivity index (χ0) is 16.5. The number of benzene rings is 2. The van der Waals surface area contributed by atoms with Crippen molar-refractivity contribution in [3.63, 3.8) is 0 Å². The third kappa shape index (κ3) is 5.57. The summed E-state index contributed by atoms with van der Waals surface area (Å²) in [5.74, 6) is 0.937. The van der Waals surface area contributed by atoms with Gasteiger partial charge in [-0.2, -0.15) is 0 Å². The molecule has 0 saturated heterocycles. The SMILES string of the molecule is CCN(CC)CCOc1ccc(C=C(C)c2ccccc2)cc1. The first-order valence-electron chi connectivity index (χ1n) is 8.42. The first-order chi connectivity index (χ1) is 11.2. The number of nitrogens with zero attached hydrogens (tertiary/aromatic N) is 1. The summed E-state index contributed by atoms with van der Waals surface area (Å²) in [6, 6.07) is 18.8. The summed E-state index contributed by atoms with van der Waals surface area (Å²) in [5, 5.41) is 0. The van der Waals surface area contributed by atoms with Gasteiger partial charge in [-0.05, 0) is 48.8 Å². The lowest BCUT2D eigenvalue weighted by molar-refractivity contribution is 0.223. The highest BCUT2D eigenvalue weighted by atomic mass is 16.5. The van der Waals surface area contributed by atoms with Crippen LogP contribution in [0.1, 0.15) is 31.9 Å². The van der Waals surface area contributed by atoms with E-state index in [9.17, 15) is 0 Å². The van der Waals surface area contributed by atoms with E-state index in [1.807, 2.05) is 18.2 Å². The molecule has 0 amide bonds. The molecule has 0 aliphatic heterocycles. The summed E-state index contributed by atoms with van der Waals surface area (Å²) in [7, 11) is 0. The van der Waals surface area contributed by atoms with Gasteiger partial charge in [-0.25, -0.2) is 0 Å². The van der Waals surface area contributed by atoms with E-state index in [0.717, 1.165) is 32.0 Å². The summed E-state index contributed by atoms with van der Waals surface area (Å²) in [4.78, 5) is 2.36. The molecule has 2 aromatic carbocycles. The van der Waals surface area contributed by atoms with Gasteiger partial charge in [-0.1, -0.05) is 62.4 Å². The lowest BCUT2D eigenvalue weighted by atomic mass is 10.0. The van der Waals surface area contributed by atoms with Gasteiger partial charge < -0.3 is 9.64 Å². The molecule has 0 aromatic heterocycles. The molecule has 23 heavy (non-hydrogen) atoms. The summed E-state index contributed by atoms with van der Waals surface area (Å²) < 4.78 is 5.82. The predicted octanol–water partition coefficient (Wildman–Crippen LogP) is 4.97. The number of rotatable bonds is 8. The van der Waals surface area contributed by atoms with E-state index >= 15 is 0 Å². The third-order valence-corrected chi connectivity index (χ3v) is 4.06. The van der Waals surface area contributed by atoms with Crippen LogP contribution >= 0.6 is 0 Å². The first-order valence-corrected chi connectivity index (χ1v) is 8.42. The zero-order valence-electron chi connectivity index (χ0n) is 14.5. The second kappa shape index (κ2) is 9.16. The maximum atomic E-state index is 5.82. The number of hydrogen-bond donors (Lipinski definition) is 0.